The smallest absolute Gasteiger partial charge is 0.258 e. The Labute approximate surface area is 131 Å². The lowest BCUT2D eigenvalue weighted by molar-refractivity contribution is 0.0976. The number of hydrogen-bond acceptors (Lipinski definition) is 4. The van der Waals surface area contributed by atoms with E-state index in [9.17, 15) is 13.2 Å². The molecule has 1 aromatic rings. The summed E-state index contributed by atoms with van der Waals surface area (Å²) >= 11 is 8.32. The van der Waals surface area contributed by atoms with Crippen LogP contribution in [0.4, 0.5) is 0 Å². The molecule has 0 aliphatic carbocycles. The number of rotatable bonds is 2. The molecule has 2 rings (SSSR count). The van der Waals surface area contributed by atoms with Crippen LogP contribution in [0.5, 0.6) is 0 Å². The second kappa shape index (κ2) is 6.19. The number of halogens is 1. The first-order chi connectivity index (χ1) is 9.37. The van der Waals surface area contributed by atoms with E-state index in [-0.39, 0.29) is 28.6 Å². The fourth-order valence-corrected chi connectivity index (χ4v) is 4.34. The van der Waals surface area contributed by atoms with E-state index >= 15 is 0 Å². The Kier molecular flexibility index (Phi) is 4.77. The van der Waals surface area contributed by atoms with Crippen molar-refractivity contribution in [3.8, 4) is 0 Å². The zero-order valence-electron chi connectivity index (χ0n) is 10.4. The highest BCUT2D eigenvalue weighted by Gasteiger charge is 2.28. The first-order valence-electron chi connectivity index (χ1n) is 5.94. The predicted octanol–water partition coefficient (Wildman–Crippen LogP) is 1.24. The van der Waals surface area contributed by atoms with Crippen molar-refractivity contribution in [2.45, 2.75) is 12.5 Å². The number of carbonyl (C=O) groups excluding carboxylic acids is 1. The van der Waals surface area contributed by atoms with Crippen LogP contribution in [-0.4, -0.2) is 37.0 Å². The average molecular weight is 377 g/mol. The van der Waals surface area contributed by atoms with Gasteiger partial charge in [-0.1, -0.05) is 12.1 Å². The molecule has 1 aliphatic heterocycles. The molecule has 0 bridgehead atoms. The van der Waals surface area contributed by atoms with Crippen LogP contribution >= 0.6 is 28.1 Å². The van der Waals surface area contributed by atoms with Crippen molar-refractivity contribution in [1.29, 1.82) is 0 Å². The van der Waals surface area contributed by atoms with Crippen molar-refractivity contribution < 1.29 is 13.2 Å². The van der Waals surface area contributed by atoms with Crippen LogP contribution in [0.2, 0.25) is 0 Å². The maximum Gasteiger partial charge on any atom is 0.258 e. The third-order valence-corrected chi connectivity index (χ3v) is 5.59. The van der Waals surface area contributed by atoms with Gasteiger partial charge < -0.3 is 5.32 Å². The molecule has 0 spiro atoms. The molecule has 1 amide bonds. The van der Waals surface area contributed by atoms with E-state index in [1.54, 1.807) is 24.3 Å². The first-order valence-corrected chi connectivity index (χ1v) is 8.96. The van der Waals surface area contributed by atoms with Crippen LogP contribution in [0, 0.1) is 0 Å². The number of sulfone groups is 1. The Bertz CT molecular complexity index is 646. The number of benzene rings is 1. The highest BCUT2D eigenvalue weighted by atomic mass is 79.9. The number of carbonyl (C=O) groups is 1. The molecule has 1 aromatic carbocycles. The predicted molar refractivity (Wildman–Crippen MR) is 84.4 cm³/mol. The minimum atomic E-state index is -2.97. The van der Waals surface area contributed by atoms with E-state index in [0.29, 0.717) is 16.5 Å². The van der Waals surface area contributed by atoms with Crippen molar-refractivity contribution in [3.05, 3.63) is 34.3 Å². The third kappa shape index (κ3) is 4.00. The molecular weight excluding hydrogens is 364 g/mol. The molecule has 1 aliphatic rings. The van der Waals surface area contributed by atoms with Gasteiger partial charge in [0.25, 0.3) is 5.91 Å². The lowest BCUT2D eigenvalue weighted by atomic mass is 10.2. The van der Waals surface area contributed by atoms with E-state index in [0.717, 1.165) is 0 Å². The minimum Gasteiger partial charge on any atom is -0.359 e. The summed E-state index contributed by atoms with van der Waals surface area (Å²) in [5, 5.41) is 5.55. The molecule has 8 heteroatoms. The minimum absolute atomic E-state index is 0.0536. The van der Waals surface area contributed by atoms with Crippen LogP contribution in [-0.2, 0) is 9.84 Å². The number of amides is 1. The van der Waals surface area contributed by atoms with Gasteiger partial charge in [0.1, 0.15) is 0 Å². The maximum atomic E-state index is 12.0. The van der Waals surface area contributed by atoms with Crippen molar-refractivity contribution in [2.75, 3.05) is 11.5 Å². The third-order valence-electron chi connectivity index (χ3n) is 2.91. The SMILES string of the molecule is O=C(NC(=S)N[C@@H]1CCS(=O)(=O)C1)c1ccccc1Br. The van der Waals surface area contributed by atoms with Crippen LogP contribution in [0.25, 0.3) is 0 Å². The van der Waals surface area contributed by atoms with Gasteiger partial charge in [0.15, 0.2) is 14.9 Å². The normalized spacial score (nSPS) is 20.4. The van der Waals surface area contributed by atoms with Gasteiger partial charge >= 0.3 is 0 Å². The molecule has 2 N–H and O–H groups in total. The summed E-state index contributed by atoms with van der Waals surface area (Å²) in [6.45, 7) is 0. The molecule has 0 saturated carbocycles. The van der Waals surface area contributed by atoms with Crippen LogP contribution < -0.4 is 10.6 Å². The van der Waals surface area contributed by atoms with Gasteiger partial charge in [-0.15, -0.1) is 0 Å². The Hall–Kier alpha value is -0.990. The highest BCUT2D eigenvalue weighted by Crippen LogP contribution is 2.15. The quantitative estimate of drug-likeness (QED) is 0.759. The van der Waals surface area contributed by atoms with Crippen LogP contribution in [0.3, 0.4) is 0 Å². The summed E-state index contributed by atoms with van der Waals surface area (Å²) in [4.78, 5) is 12.0. The van der Waals surface area contributed by atoms with Crippen molar-refractivity contribution in [3.63, 3.8) is 0 Å². The fraction of sp³-hybridized carbons (Fsp3) is 0.333. The lowest BCUT2D eigenvalue weighted by Crippen LogP contribution is -2.44. The van der Waals surface area contributed by atoms with Gasteiger partial charge in [-0.25, -0.2) is 8.42 Å². The summed E-state index contributed by atoms with van der Waals surface area (Å²) in [7, 11) is -2.97. The van der Waals surface area contributed by atoms with Crippen LogP contribution in [0.1, 0.15) is 16.8 Å². The number of thiocarbonyl (C=S) groups is 1. The maximum absolute atomic E-state index is 12.0. The Morgan fingerprint density at radius 2 is 2.05 bits per heavy atom. The molecule has 0 unspecified atom stereocenters. The van der Waals surface area contributed by atoms with Crippen molar-refractivity contribution in [1.82, 2.24) is 10.6 Å². The molecule has 1 atom stereocenters. The second-order valence-corrected chi connectivity index (χ2v) is 8.00. The largest absolute Gasteiger partial charge is 0.359 e. The Morgan fingerprint density at radius 3 is 2.65 bits per heavy atom. The van der Waals surface area contributed by atoms with E-state index in [4.69, 9.17) is 12.2 Å². The summed E-state index contributed by atoms with van der Waals surface area (Å²) in [5.41, 5.74) is 0.468. The first kappa shape index (κ1) is 15.4. The molecule has 0 aromatic heterocycles. The van der Waals surface area contributed by atoms with Gasteiger partial charge in [0.2, 0.25) is 0 Å². The van der Waals surface area contributed by atoms with Gasteiger partial charge in [0.05, 0.1) is 17.1 Å². The number of nitrogens with one attached hydrogen (secondary N) is 2. The molecule has 0 radical (unpaired) electrons. The molecule has 108 valence electrons. The van der Waals surface area contributed by atoms with Gasteiger partial charge in [-0.05, 0) is 46.7 Å². The molecular formula is C12H13BrN2O3S2. The zero-order valence-corrected chi connectivity index (χ0v) is 13.6. The summed E-state index contributed by atoms with van der Waals surface area (Å²) in [5.74, 6) is -0.125. The van der Waals surface area contributed by atoms with E-state index < -0.39 is 9.84 Å². The van der Waals surface area contributed by atoms with E-state index in [2.05, 4.69) is 26.6 Å². The molecule has 5 nitrogen and oxygen atoms in total. The van der Waals surface area contributed by atoms with Crippen LogP contribution in [0.15, 0.2) is 28.7 Å². The average Bonchev–Trinajstić information content (AvgIpc) is 2.68. The molecule has 1 saturated heterocycles. The monoisotopic (exact) mass is 376 g/mol. The van der Waals surface area contributed by atoms with Gasteiger partial charge in [0, 0.05) is 10.5 Å². The fourth-order valence-electron chi connectivity index (χ4n) is 1.95. The van der Waals surface area contributed by atoms with E-state index in [1.165, 1.54) is 0 Å². The summed E-state index contributed by atoms with van der Waals surface area (Å²) in [6.07, 6.45) is 0.507. The number of hydrogen-bond donors (Lipinski definition) is 2. The summed E-state index contributed by atoms with van der Waals surface area (Å²) in [6, 6.07) is 6.75. The second-order valence-electron chi connectivity index (χ2n) is 4.51. The standard InChI is InChI=1S/C12H13BrN2O3S2/c13-10-4-2-1-3-9(10)11(16)15-12(19)14-8-5-6-20(17,18)7-8/h1-4,8H,5-7H2,(H2,14,15,16,19)/t8-/m1/s1. The van der Waals surface area contributed by atoms with Gasteiger partial charge in [-0.3, -0.25) is 10.1 Å². The molecule has 1 heterocycles. The zero-order chi connectivity index (χ0) is 14.8. The Balaban J connectivity index is 1.92. The van der Waals surface area contributed by atoms with Crippen molar-refractivity contribution in [2.24, 2.45) is 0 Å². The summed E-state index contributed by atoms with van der Waals surface area (Å²) < 4.78 is 23.3. The highest BCUT2D eigenvalue weighted by molar-refractivity contribution is 9.10. The topological polar surface area (TPSA) is 75.3 Å². The Morgan fingerprint density at radius 1 is 1.35 bits per heavy atom. The lowest BCUT2D eigenvalue weighted by Gasteiger charge is -2.14. The molecule has 1 fully saturated rings. The van der Waals surface area contributed by atoms with E-state index in [1.807, 2.05) is 0 Å². The molecule has 20 heavy (non-hydrogen) atoms. The van der Waals surface area contributed by atoms with Crippen molar-refractivity contribution >= 4 is 49.0 Å². The van der Waals surface area contributed by atoms with Gasteiger partial charge in [-0.2, -0.15) is 0 Å².